The van der Waals surface area contributed by atoms with Crippen molar-refractivity contribution in [1.82, 2.24) is 10.2 Å². The summed E-state index contributed by atoms with van der Waals surface area (Å²) in [5.41, 5.74) is 2.33. The molecule has 0 bridgehead atoms. The van der Waals surface area contributed by atoms with Crippen molar-refractivity contribution in [3.63, 3.8) is 0 Å². The number of H-pyrrole nitrogens is 1. The van der Waals surface area contributed by atoms with Gasteiger partial charge in [0.05, 0.1) is 24.6 Å². The van der Waals surface area contributed by atoms with Gasteiger partial charge in [-0.15, -0.1) is 0 Å². The number of hydrogen-bond donors (Lipinski definition) is 2. The lowest BCUT2D eigenvalue weighted by atomic mass is 10.0. The van der Waals surface area contributed by atoms with Crippen molar-refractivity contribution in [3.05, 3.63) is 60.6 Å². The SMILES string of the molecule is O=C(Cc1coc2ccc3ccccc3c12)Nc1cn[nH]c1. The number of rotatable bonds is 3. The minimum absolute atomic E-state index is 0.1000. The van der Waals surface area contributed by atoms with Gasteiger partial charge in [0.1, 0.15) is 5.58 Å². The maximum atomic E-state index is 12.2. The molecule has 0 saturated carbocycles. The van der Waals surface area contributed by atoms with Crippen LogP contribution in [0.5, 0.6) is 0 Å². The number of carbonyl (C=O) groups is 1. The van der Waals surface area contributed by atoms with Crippen LogP contribution in [0, 0.1) is 0 Å². The fourth-order valence-electron chi connectivity index (χ4n) is 2.70. The van der Waals surface area contributed by atoms with E-state index in [1.165, 1.54) is 0 Å². The van der Waals surface area contributed by atoms with Gasteiger partial charge in [-0.1, -0.05) is 30.3 Å². The smallest absolute Gasteiger partial charge is 0.229 e. The Hall–Kier alpha value is -3.08. The Morgan fingerprint density at radius 3 is 3.00 bits per heavy atom. The summed E-state index contributed by atoms with van der Waals surface area (Å²) in [5.74, 6) is -0.1000. The van der Waals surface area contributed by atoms with E-state index in [2.05, 4.69) is 21.6 Å². The number of carbonyl (C=O) groups excluding carboxylic acids is 1. The number of fused-ring (bicyclic) bond motifs is 3. The number of amides is 1. The predicted molar refractivity (Wildman–Crippen MR) is 84.6 cm³/mol. The third-order valence-corrected chi connectivity index (χ3v) is 3.67. The fraction of sp³-hybridized carbons (Fsp3) is 0.0588. The average Bonchev–Trinajstić information content (AvgIpc) is 3.17. The second-order valence-electron chi connectivity index (χ2n) is 5.13. The van der Waals surface area contributed by atoms with Crippen LogP contribution in [-0.2, 0) is 11.2 Å². The lowest BCUT2D eigenvalue weighted by molar-refractivity contribution is -0.115. The quantitative estimate of drug-likeness (QED) is 0.607. The molecule has 2 heterocycles. The topological polar surface area (TPSA) is 70.9 Å². The summed E-state index contributed by atoms with van der Waals surface area (Å²) in [4.78, 5) is 12.2. The molecule has 0 atom stereocenters. The Kier molecular flexibility index (Phi) is 2.89. The summed E-state index contributed by atoms with van der Waals surface area (Å²) >= 11 is 0. The van der Waals surface area contributed by atoms with Crippen molar-refractivity contribution in [2.75, 3.05) is 5.32 Å². The summed E-state index contributed by atoms with van der Waals surface area (Å²) < 4.78 is 5.59. The maximum Gasteiger partial charge on any atom is 0.229 e. The Morgan fingerprint density at radius 1 is 1.23 bits per heavy atom. The van der Waals surface area contributed by atoms with Crippen LogP contribution in [0.15, 0.2) is 59.5 Å². The largest absolute Gasteiger partial charge is 0.464 e. The molecule has 2 aromatic heterocycles. The Balaban J connectivity index is 1.72. The van der Waals surface area contributed by atoms with Gasteiger partial charge in [-0.05, 0) is 16.8 Å². The molecule has 0 fully saturated rings. The lowest BCUT2D eigenvalue weighted by Gasteiger charge is -2.03. The highest BCUT2D eigenvalue weighted by molar-refractivity contribution is 6.08. The monoisotopic (exact) mass is 291 g/mol. The fourth-order valence-corrected chi connectivity index (χ4v) is 2.70. The zero-order valence-corrected chi connectivity index (χ0v) is 11.7. The van der Waals surface area contributed by atoms with Crippen LogP contribution in [0.3, 0.4) is 0 Å². The summed E-state index contributed by atoms with van der Waals surface area (Å²) in [6.45, 7) is 0. The molecule has 22 heavy (non-hydrogen) atoms. The van der Waals surface area contributed by atoms with E-state index >= 15 is 0 Å². The molecular weight excluding hydrogens is 278 g/mol. The number of nitrogens with one attached hydrogen (secondary N) is 2. The van der Waals surface area contributed by atoms with Crippen molar-refractivity contribution in [2.24, 2.45) is 0 Å². The van der Waals surface area contributed by atoms with E-state index in [4.69, 9.17) is 4.42 Å². The van der Waals surface area contributed by atoms with Gasteiger partial charge in [0.25, 0.3) is 0 Å². The third kappa shape index (κ3) is 2.13. The van der Waals surface area contributed by atoms with Gasteiger partial charge in [0, 0.05) is 17.1 Å². The molecule has 1 amide bonds. The number of aromatic nitrogens is 2. The van der Waals surface area contributed by atoms with Gasteiger partial charge < -0.3 is 9.73 Å². The molecule has 0 aliphatic rings. The standard InChI is InChI=1S/C17H13N3O2/c21-16(20-13-8-18-19-9-13)7-12-10-22-15-6-5-11-3-1-2-4-14(11)17(12)15/h1-6,8-10H,7H2,(H,18,19)(H,20,21). The Labute approximate surface area is 125 Å². The molecule has 0 saturated heterocycles. The van der Waals surface area contributed by atoms with Gasteiger partial charge >= 0.3 is 0 Å². The molecule has 4 rings (SSSR count). The molecule has 0 aliphatic heterocycles. The van der Waals surface area contributed by atoms with E-state index in [1.807, 2.05) is 30.3 Å². The van der Waals surface area contributed by atoms with Gasteiger partial charge in [-0.25, -0.2) is 0 Å². The van der Waals surface area contributed by atoms with Crippen LogP contribution in [0.25, 0.3) is 21.7 Å². The zero-order valence-electron chi connectivity index (χ0n) is 11.7. The molecule has 5 heteroatoms. The molecular formula is C17H13N3O2. The molecule has 5 nitrogen and oxygen atoms in total. The predicted octanol–water partition coefficient (Wildman–Crippen LogP) is 3.49. The molecule has 108 valence electrons. The van der Waals surface area contributed by atoms with E-state index in [-0.39, 0.29) is 12.3 Å². The van der Waals surface area contributed by atoms with Crippen molar-refractivity contribution < 1.29 is 9.21 Å². The molecule has 0 aliphatic carbocycles. The van der Waals surface area contributed by atoms with Crippen LogP contribution in [0.4, 0.5) is 5.69 Å². The summed E-state index contributed by atoms with van der Waals surface area (Å²) in [6, 6.07) is 12.1. The molecule has 0 radical (unpaired) electrons. The first-order chi connectivity index (χ1) is 10.8. The number of furan rings is 1. The summed E-state index contributed by atoms with van der Waals surface area (Å²) in [7, 11) is 0. The van der Waals surface area contributed by atoms with Crippen molar-refractivity contribution in [2.45, 2.75) is 6.42 Å². The third-order valence-electron chi connectivity index (χ3n) is 3.67. The van der Waals surface area contributed by atoms with Crippen LogP contribution in [-0.4, -0.2) is 16.1 Å². The normalized spacial score (nSPS) is 11.1. The van der Waals surface area contributed by atoms with E-state index in [1.54, 1.807) is 18.7 Å². The highest BCUT2D eigenvalue weighted by Gasteiger charge is 2.13. The second-order valence-corrected chi connectivity index (χ2v) is 5.13. The lowest BCUT2D eigenvalue weighted by Crippen LogP contribution is -2.13. The molecule has 4 aromatic rings. The number of aromatic amines is 1. The highest BCUT2D eigenvalue weighted by Crippen LogP contribution is 2.30. The Morgan fingerprint density at radius 2 is 2.14 bits per heavy atom. The van der Waals surface area contributed by atoms with Gasteiger partial charge in [-0.3, -0.25) is 9.89 Å². The van der Waals surface area contributed by atoms with E-state index in [0.29, 0.717) is 5.69 Å². The number of hydrogen-bond acceptors (Lipinski definition) is 3. The molecule has 2 aromatic carbocycles. The number of benzene rings is 2. The van der Waals surface area contributed by atoms with Gasteiger partial charge in [0.15, 0.2) is 0 Å². The van der Waals surface area contributed by atoms with Crippen LogP contribution >= 0.6 is 0 Å². The van der Waals surface area contributed by atoms with Crippen molar-refractivity contribution in [1.29, 1.82) is 0 Å². The minimum atomic E-state index is -0.1000. The van der Waals surface area contributed by atoms with Crippen LogP contribution < -0.4 is 5.32 Å². The van der Waals surface area contributed by atoms with E-state index in [9.17, 15) is 4.79 Å². The van der Waals surface area contributed by atoms with E-state index < -0.39 is 0 Å². The van der Waals surface area contributed by atoms with Gasteiger partial charge in [0.2, 0.25) is 5.91 Å². The van der Waals surface area contributed by atoms with Crippen molar-refractivity contribution in [3.8, 4) is 0 Å². The van der Waals surface area contributed by atoms with Gasteiger partial charge in [-0.2, -0.15) is 5.10 Å². The summed E-state index contributed by atoms with van der Waals surface area (Å²) in [6.07, 6.45) is 5.12. The van der Waals surface area contributed by atoms with Crippen LogP contribution in [0.1, 0.15) is 5.56 Å². The van der Waals surface area contributed by atoms with Crippen LogP contribution in [0.2, 0.25) is 0 Å². The first kappa shape index (κ1) is 12.6. The first-order valence-electron chi connectivity index (χ1n) is 6.98. The number of nitrogens with zero attached hydrogens (tertiary/aromatic N) is 1. The molecule has 0 unspecified atom stereocenters. The minimum Gasteiger partial charge on any atom is -0.464 e. The average molecular weight is 291 g/mol. The van der Waals surface area contributed by atoms with E-state index in [0.717, 1.165) is 27.3 Å². The summed E-state index contributed by atoms with van der Waals surface area (Å²) in [5, 5.41) is 12.5. The maximum absolute atomic E-state index is 12.2. The van der Waals surface area contributed by atoms with Crippen molar-refractivity contribution >= 4 is 33.3 Å². The molecule has 0 spiro atoms. The highest BCUT2D eigenvalue weighted by atomic mass is 16.3. The second kappa shape index (κ2) is 5.04. The molecule has 2 N–H and O–H groups in total. The Bertz CT molecular complexity index is 955. The number of anilines is 1. The zero-order chi connectivity index (χ0) is 14.9. The first-order valence-corrected chi connectivity index (χ1v) is 6.98.